The van der Waals surface area contributed by atoms with Gasteiger partial charge in [-0.3, -0.25) is 0 Å². The van der Waals surface area contributed by atoms with E-state index in [0.717, 1.165) is 11.8 Å². The largest absolute Gasteiger partial charge is 0.310 e. The van der Waals surface area contributed by atoms with E-state index in [-0.39, 0.29) is 27.1 Å². The second-order valence-electron chi connectivity index (χ2n) is 31.8. The number of unbranched alkanes of at least 4 members (excludes halogenated alkanes) is 18. The summed E-state index contributed by atoms with van der Waals surface area (Å²) in [6.45, 7) is 18.5. The van der Waals surface area contributed by atoms with Gasteiger partial charge in [-0.15, -0.1) is 0 Å². The van der Waals surface area contributed by atoms with Gasteiger partial charge in [0.1, 0.15) is 0 Å². The van der Waals surface area contributed by atoms with Crippen molar-refractivity contribution < 1.29 is 0 Å². The molecule has 7 aliphatic rings. The Morgan fingerprint density at radius 3 is 1.00 bits per heavy atom. The lowest BCUT2D eigenvalue weighted by Crippen LogP contribution is -2.56. The lowest BCUT2D eigenvalue weighted by Gasteiger charge is -2.63. The van der Waals surface area contributed by atoms with Crippen LogP contribution in [-0.4, -0.2) is 0 Å². The van der Waals surface area contributed by atoms with E-state index in [0.29, 0.717) is 0 Å². The monoisotopic (exact) mass is 1250 g/mol. The Balaban J connectivity index is 1.00. The Labute approximate surface area is 571 Å². The maximum absolute atomic E-state index is 4.15. The number of anilines is 3. The highest BCUT2D eigenvalue weighted by molar-refractivity contribution is 5.91. The van der Waals surface area contributed by atoms with Crippen molar-refractivity contribution in [2.75, 3.05) is 4.90 Å². The molecular formula is C93H119N. The molecule has 496 valence electrons. The SMILES string of the molecule is C=Cc1ccc(C23CC4CC(C2)CC(c2ccc5c(c2)C(CCCCCC)(CCCCCC)c2cc(N(c6ccc7c(c6)C(CCCCCC)(CCCCCC)c6ccccc6-7)c6ccc7c(c6)C(CCCCCC)(CCCCCC)c6ccccc6-7)ccc2-5)(C4)C3)cc1. The van der Waals surface area contributed by atoms with E-state index in [4.69, 9.17) is 0 Å². The van der Waals surface area contributed by atoms with Gasteiger partial charge in [-0.2, -0.15) is 0 Å². The van der Waals surface area contributed by atoms with Crippen molar-refractivity contribution in [2.24, 2.45) is 11.8 Å². The zero-order chi connectivity index (χ0) is 64.8. The fraction of sp³-hybridized carbons (Fsp3) is 0.527. The van der Waals surface area contributed by atoms with Gasteiger partial charge in [0.2, 0.25) is 0 Å². The first kappa shape index (κ1) is 66.7. The molecule has 1 heteroatoms. The summed E-state index contributed by atoms with van der Waals surface area (Å²) < 4.78 is 0. The Morgan fingerprint density at radius 1 is 0.330 bits per heavy atom. The summed E-state index contributed by atoms with van der Waals surface area (Å²) in [5, 5.41) is 0. The van der Waals surface area contributed by atoms with Crippen LogP contribution in [0, 0.1) is 11.8 Å². The minimum atomic E-state index is -0.0677. The molecule has 0 heterocycles. The molecule has 7 aromatic carbocycles. The predicted octanol–water partition coefficient (Wildman–Crippen LogP) is 28.2. The average Bonchev–Trinajstić information content (AvgIpc) is 1.38. The fourth-order valence-electron chi connectivity index (χ4n) is 21.6. The summed E-state index contributed by atoms with van der Waals surface area (Å²) in [7, 11) is 0. The van der Waals surface area contributed by atoms with E-state index in [1.54, 1.807) is 44.5 Å². The Hall–Kier alpha value is -5.92. The van der Waals surface area contributed by atoms with Crippen LogP contribution in [0.15, 0.2) is 152 Å². The second kappa shape index (κ2) is 29.4. The van der Waals surface area contributed by atoms with Gasteiger partial charge in [-0.05, 0) is 220 Å². The second-order valence-corrected chi connectivity index (χ2v) is 31.8. The zero-order valence-corrected chi connectivity index (χ0v) is 59.7. The maximum atomic E-state index is 4.15. The summed E-state index contributed by atoms with van der Waals surface area (Å²) in [5.41, 5.74) is 27.4. The summed E-state index contributed by atoms with van der Waals surface area (Å²) >= 11 is 0. The number of benzene rings is 7. The summed E-state index contributed by atoms with van der Waals surface area (Å²) in [4.78, 5) is 2.81. The molecule has 0 radical (unpaired) electrons. The fourth-order valence-corrected chi connectivity index (χ4v) is 21.6. The summed E-state index contributed by atoms with van der Waals surface area (Å²) in [5.74, 6) is 1.60. The zero-order valence-electron chi connectivity index (χ0n) is 59.7. The van der Waals surface area contributed by atoms with E-state index >= 15 is 0 Å². The molecule has 2 unspecified atom stereocenters. The molecule has 7 aliphatic carbocycles. The molecule has 0 N–H and O–H groups in total. The third-order valence-electron chi connectivity index (χ3n) is 25.8. The molecule has 0 aliphatic heterocycles. The van der Waals surface area contributed by atoms with E-state index < -0.39 is 0 Å². The highest BCUT2D eigenvalue weighted by atomic mass is 15.1. The third-order valence-corrected chi connectivity index (χ3v) is 25.8. The van der Waals surface area contributed by atoms with E-state index in [1.807, 2.05) is 6.08 Å². The Kier molecular flexibility index (Phi) is 20.9. The molecule has 0 aromatic heterocycles. The molecule has 1 nitrogen and oxygen atoms in total. The van der Waals surface area contributed by atoms with Crippen molar-refractivity contribution in [3.63, 3.8) is 0 Å². The van der Waals surface area contributed by atoms with Crippen LogP contribution in [0.4, 0.5) is 17.1 Å². The van der Waals surface area contributed by atoms with Crippen molar-refractivity contribution >= 4 is 23.1 Å². The predicted molar refractivity (Wildman–Crippen MR) is 407 cm³/mol. The van der Waals surface area contributed by atoms with E-state index in [2.05, 4.69) is 199 Å². The number of hydrogen-bond donors (Lipinski definition) is 0. The molecular weight excluding hydrogens is 1130 g/mol. The van der Waals surface area contributed by atoms with Crippen LogP contribution < -0.4 is 4.90 Å². The van der Waals surface area contributed by atoms with Gasteiger partial charge >= 0.3 is 0 Å². The number of hydrogen-bond acceptors (Lipinski definition) is 1. The molecule has 7 aromatic rings. The minimum Gasteiger partial charge on any atom is -0.310 e. The van der Waals surface area contributed by atoms with Gasteiger partial charge in [0.05, 0.1) is 0 Å². The van der Waals surface area contributed by atoms with Crippen molar-refractivity contribution in [3.05, 3.63) is 202 Å². The number of rotatable bonds is 36. The lowest BCUT2D eigenvalue weighted by atomic mass is 9.41. The number of nitrogens with zero attached hydrogens (tertiary/aromatic N) is 1. The molecule has 94 heavy (non-hydrogen) atoms. The van der Waals surface area contributed by atoms with Gasteiger partial charge < -0.3 is 4.90 Å². The Morgan fingerprint density at radius 2 is 0.638 bits per heavy atom. The summed E-state index contributed by atoms with van der Waals surface area (Å²) in [6.07, 6.45) is 48.3. The molecule has 4 fully saturated rings. The molecule has 0 saturated heterocycles. The quantitative estimate of drug-likeness (QED) is 0.0354. The first-order chi connectivity index (χ1) is 46.2. The van der Waals surface area contributed by atoms with Crippen LogP contribution in [0.25, 0.3) is 39.5 Å². The van der Waals surface area contributed by atoms with Gasteiger partial charge in [0.15, 0.2) is 0 Å². The van der Waals surface area contributed by atoms with E-state index in [9.17, 15) is 0 Å². The first-order valence-electron chi connectivity index (χ1n) is 39.5. The van der Waals surface area contributed by atoms with Gasteiger partial charge in [0, 0.05) is 33.3 Å². The molecule has 14 rings (SSSR count). The maximum Gasteiger partial charge on any atom is 0.0465 e. The van der Waals surface area contributed by atoms with Crippen LogP contribution in [0.3, 0.4) is 0 Å². The Bertz CT molecular complexity index is 3520. The molecule has 0 amide bonds. The van der Waals surface area contributed by atoms with Crippen LogP contribution in [0.2, 0.25) is 0 Å². The van der Waals surface area contributed by atoms with Gasteiger partial charge in [-0.1, -0.05) is 317 Å². The average molecular weight is 1250 g/mol. The molecule has 0 spiro atoms. The lowest BCUT2D eigenvalue weighted by molar-refractivity contribution is -0.0281. The van der Waals surface area contributed by atoms with Crippen LogP contribution >= 0.6 is 0 Å². The molecule has 4 saturated carbocycles. The van der Waals surface area contributed by atoms with E-state index in [1.165, 1.54) is 287 Å². The van der Waals surface area contributed by atoms with Crippen LogP contribution in [0.1, 0.15) is 323 Å². The first-order valence-corrected chi connectivity index (χ1v) is 39.5. The van der Waals surface area contributed by atoms with Crippen molar-refractivity contribution in [3.8, 4) is 33.4 Å². The molecule has 2 atom stereocenters. The third kappa shape index (κ3) is 12.4. The highest BCUT2D eigenvalue weighted by Crippen LogP contribution is 2.68. The normalized spacial score (nSPS) is 20.8. The summed E-state index contributed by atoms with van der Waals surface area (Å²) in [6, 6.07) is 61.2. The molecule has 4 bridgehead atoms. The highest BCUT2D eigenvalue weighted by Gasteiger charge is 2.59. The van der Waals surface area contributed by atoms with Crippen molar-refractivity contribution in [1.29, 1.82) is 0 Å². The standard InChI is InChI=1S/C93H119N/c1-8-15-21-31-53-91(54-32-22-16-9-2)83-39-29-27-37-77(83)80-50-46-74(61-86(80)91)94(75-47-51-81-78-38-28-30-40-84(78)92(87(81)62-75,55-33-23-17-10-3)56-34-24-18-11-4)76-48-52-82-79-49-45-73(60-85(79)93(88(82)63-76,57-35-25-19-12-5)58-36-26-20-13-6)90-66-70-59-71(67-90)65-89(64-70,68-90)72-43-41-69(14-7)42-44-72/h14,27-30,37-52,60-63,70-71H,7-13,15-26,31-36,53-59,64-68H2,1-6H3. The van der Waals surface area contributed by atoms with Crippen molar-refractivity contribution in [2.45, 2.75) is 300 Å². The number of fused-ring (bicyclic) bond motifs is 9. The van der Waals surface area contributed by atoms with Gasteiger partial charge in [-0.25, -0.2) is 0 Å². The van der Waals surface area contributed by atoms with Gasteiger partial charge in [0.25, 0.3) is 0 Å². The van der Waals surface area contributed by atoms with Crippen LogP contribution in [-0.2, 0) is 27.1 Å². The van der Waals surface area contributed by atoms with Crippen molar-refractivity contribution in [1.82, 2.24) is 0 Å². The smallest absolute Gasteiger partial charge is 0.0465 e. The minimum absolute atomic E-state index is 0.0172. The van der Waals surface area contributed by atoms with Crippen LogP contribution in [0.5, 0.6) is 0 Å². The topological polar surface area (TPSA) is 3.24 Å².